The van der Waals surface area contributed by atoms with Crippen LogP contribution in [0.5, 0.6) is 11.5 Å². The van der Waals surface area contributed by atoms with Crippen molar-refractivity contribution in [3.05, 3.63) is 52.5 Å². The normalized spacial score (nSPS) is 10.4. The first-order valence-corrected chi connectivity index (χ1v) is 8.65. The van der Waals surface area contributed by atoms with Crippen molar-refractivity contribution in [3.8, 4) is 11.5 Å². The van der Waals surface area contributed by atoms with E-state index in [1.165, 1.54) is 25.3 Å². The molecule has 0 fully saturated rings. The van der Waals surface area contributed by atoms with Crippen molar-refractivity contribution in [2.24, 2.45) is 0 Å². The fourth-order valence-electron chi connectivity index (χ4n) is 2.16. The number of carbonyl (C=O) groups is 2. The second-order valence-corrected chi connectivity index (χ2v) is 6.22. The van der Waals surface area contributed by atoms with Gasteiger partial charge in [0.05, 0.1) is 7.11 Å². The number of carbonyl (C=O) groups excluding carboxylic acids is 2. The predicted molar refractivity (Wildman–Crippen MR) is 99.3 cm³/mol. The molecule has 9 heteroatoms. The zero-order chi connectivity index (χ0) is 19.8. The van der Waals surface area contributed by atoms with E-state index in [-0.39, 0.29) is 42.0 Å². The van der Waals surface area contributed by atoms with Crippen LogP contribution in [-0.2, 0) is 4.79 Å². The van der Waals surface area contributed by atoms with Crippen molar-refractivity contribution in [2.75, 3.05) is 19.0 Å². The third-order valence-corrected chi connectivity index (χ3v) is 3.94. The number of methoxy groups -OCH3 is 1. The molecule has 0 aliphatic rings. The highest BCUT2D eigenvalue weighted by Gasteiger charge is 2.13. The summed E-state index contributed by atoms with van der Waals surface area (Å²) in [6.45, 7) is -2.89. The Morgan fingerprint density at radius 2 is 1.81 bits per heavy atom. The van der Waals surface area contributed by atoms with Gasteiger partial charge in [0, 0.05) is 34.8 Å². The number of hydrogen-bond donors (Lipinski definition) is 2. The average Bonchev–Trinajstić information content (AvgIpc) is 2.62. The molecule has 0 spiro atoms. The van der Waals surface area contributed by atoms with Crippen LogP contribution in [0.3, 0.4) is 0 Å². The summed E-state index contributed by atoms with van der Waals surface area (Å²) in [5, 5.41) is 5.18. The van der Waals surface area contributed by atoms with Crippen LogP contribution >= 0.6 is 15.9 Å². The Labute approximate surface area is 163 Å². The van der Waals surface area contributed by atoms with Gasteiger partial charge < -0.3 is 20.1 Å². The van der Waals surface area contributed by atoms with Crippen molar-refractivity contribution < 1.29 is 27.8 Å². The number of rotatable bonds is 8. The highest BCUT2D eigenvalue weighted by molar-refractivity contribution is 9.10. The van der Waals surface area contributed by atoms with Crippen molar-refractivity contribution in [1.29, 1.82) is 0 Å². The van der Waals surface area contributed by atoms with Crippen LogP contribution in [0.2, 0.25) is 0 Å². The molecule has 0 bridgehead atoms. The molecule has 2 aromatic rings. The maximum Gasteiger partial charge on any atom is 0.387 e. The molecular weight excluding hydrogens is 426 g/mol. The Morgan fingerprint density at radius 1 is 1.11 bits per heavy atom. The zero-order valence-electron chi connectivity index (χ0n) is 14.3. The summed E-state index contributed by atoms with van der Waals surface area (Å²) in [5.74, 6) is -0.754. The average molecular weight is 443 g/mol. The quantitative estimate of drug-likeness (QED) is 0.651. The van der Waals surface area contributed by atoms with Crippen LogP contribution in [0.4, 0.5) is 14.5 Å². The molecule has 2 aromatic carbocycles. The number of alkyl halides is 2. The standard InChI is InChI=1S/C18H17BrF2N2O4/c1-26-14-7-6-13(10-15(14)27-18(20)21)23-16(24)8-9-22-17(25)11-2-4-12(19)5-3-11/h2-7,10,18H,8-9H2,1H3,(H,22,25)(H,23,24). The van der Waals surface area contributed by atoms with Crippen molar-refractivity contribution in [3.63, 3.8) is 0 Å². The first kappa shape index (κ1) is 20.6. The Kier molecular flexibility index (Phi) is 7.54. The smallest absolute Gasteiger partial charge is 0.387 e. The van der Waals surface area contributed by atoms with E-state index in [1.807, 2.05) is 0 Å². The van der Waals surface area contributed by atoms with Crippen LogP contribution in [0, 0.1) is 0 Å². The molecule has 0 aliphatic heterocycles. The van der Waals surface area contributed by atoms with E-state index < -0.39 is 6.61 Å². The molecule has 0 atom stereocenters. The third kappa shape index (κ3) is 6.52. The lowest BCUT2D eigenvalue weighted by atomic mass is 10.2. The topological polar surface area (TPSA) is 76.7 Å². The van der Waals surface area contributed by atoms with Crippen molar-refractivity contribution in [2.45, 2.75) is 13.0 Å². The monoisotopic (exact) mass is 442 g/mol. The van der Waals surface area contributed by atoms with Gasteiger partial charge in [-0.2, -0.15) is 8.78 Å². The predicted octanol–water partition coefficient (Wildman–Crippen LogP) is 3.82. The molecule has 2 rings (SSSR count). The molecule has 0 saturated heterocycles. The molecule has 0 radical (unpaired) electrons. The maximum absolute atomic E-state index is 12.4. The zero-order valence-corrected chi connectivity index (χ0v) is 15.9. The van der Waals surface area contributed by atoms with Gasteiger partial charge in [-0.1, -0.05) is 15.9 Å². The molecule has 0 aliphatic carbocycles. The van der Waals surface area contributed by atoms with E-state index in [0.29, 0.717) is 5.56 Å². The molecular formula is C18H17BrF2N2O4. The Hall–Kier alpha value is -2.68. The van der Waals surface area contributed by atoms with Gasteiger partial charge in [-0.05, 0) is 36.4 Å². The summed E-state index contributed by atoms with van der Waals surface area (Å²) in [6.07, 6.45) is 0.0132. The second kappa shape index (κ2) is 9.86. The fraction of sp³-hybridized carbons (Fsp3) is 0.222. The van der Waals surface area contributed by atoms with E-state index in [0.717, 1.165) is 4.47 Å². The summed E-state index contributed by atoms with van der Waals surface area (Å²) in [4.78, 5) is 23.9. The molecule has 0 heterocycles. The summed E-state index contributed by atoms with van der Waals surface area (Å²) < 4.78 is 35.0. The summed E-state index contributed by atoms with van der Waals surface area (Å²) in [6, 6.07) is 10.9. The first-order valence-electron chi connectivity index (χ1n) is 7.85. The Balaban J connectivity index is 1.86. The Morgan fingerprint density at radius 3 is 2.44 bits per heavy atom. The van der Waals surface area contributed by atoms with E-state index in [4.69, 9.17) is 4.74 Å². The van der Waals surface area contributed by atoms with Gasteiger partial charge in [-0.3, -0.25) is 9.59 Å². The highest BCUT2D eigenvalue weighted by Crippen LogP contribution is 2.31. The minimum absolute atomic E-state index is 0.0132. The number of ether oxygens (including phenoxy) is 2. The van der Waals surface area contributed by atoms with Gasteiger partial charge in [-0.25, -0.2) is 0 Å². The minimum atomic E-state index is -3.02. The molecule has 0 aromatic heterocycles. The lowest BCUT2D eigenvalue weighted by Crippen LogP contribution is -2.27. The van der Waals surface area contributed by atoms with E-state index in [1.54, 1.807) is 24.3 Å². The van der Waals surface area contributed by atoms with Crippen molar-refractivity contribution >= 4 is 33.4 Å². The van der Waals surface area contributed by atoms with Crippen LogP contribution < -0.4 is 20.1 Å². The van der Waals surface area contributed by atoms with Gasteiger partial charge in [0.1, 0.15) is 0 Å². The number of nitrogens with one attached hydrogen (secondary N) is 2. The molecule has 0 unspecified atom stereocenters. The maximum atomic E-state index is 12.4. The van der Waals surface area contributed by atoms with Gasteiger partial charge in [0.2, 0.25) is 5.91 Å². The van der Waals surface area contributed by atoms with Crippen LogP contribution in [-0.4, -0.2) is 32.1 Å². The Bertz CT molecular complexity index is 800. The molecule has 2 amide bonds. The fourth-order valence-corrected chi connectivity index (χ4v) is 2.42. The number of benzene rings is 2. The van der Waals surface area contributed by atoms with Gasteiger partial charge in [0.15, 0.2) is 11.5 Å². The SMILES string of the molecule is COc1ccc(NC(=O)CCNC(=O)c2ccc(Br)cc2)cc1OC(F)F. The van der Waals surface area contributed by atoms with Crippen LogP contribution in [0.15, 0.2) is 46.9 Å². The van der Waals surface area contributed by atoms with Gasteiger partial charge in [-0.15, -0.1) is 0 Å². The lowest BCUT2D eigenvalue weighted by Gasteiger charge is -2.12. The molecule has 144 valence electrons. The van der Waals surface area contributed by atoms with E-state index >= 15 is 0 Å². The third-order valence-electron chi connectivity index (χ3n) is 3.41. The van der Waals surface area contributed by atoms with Crippen LogP contribution in [0.1, 0.15) is 16.8 Å². The van der Waals surface area contributed by atoms with Gasteiger partial charge >= 0.3 is 6.61 Å². The van der Waals surface area contributed by atoms with E-state index in [2.05, 4.69) is 31.3 Å². The van der Waals surface area contributed by atoms with Crippen molar-refractivity contribution in [1.82, 2.24) is 5.32 Å². The summed E-state index contributed by atoms with van der Waals surface area (Å²) in [7, 11) is 1.32. The number of hydrogen-bond acceptors (Lipinski definition) is 4. The minimum Gasteiger partial charge on any atom is -0.493 e. The summed E-state index contributed by atoms with van der Waals surface area (Å²) in [5.41, 5.74) is 0.748. The first-order chi connectivity index (χ1) is 12.9. The number of amides is 2. The van der Waals surface area contributed by atoms with Crippen LogP contribution in [0.25, 0.3) is 0 Å². The highest BCUT2D eigenvalue weighted by atomic mass is 79.9. The summed E-state index contributed by atoms with van der Waals surface area (Å²) >= 11 is 3.28. The molecule has 6 nitrogen and oxygen atoms in total. The lowest BCUT2D eigenvalue weighted by molar-refractivity contribution is -0.116. The number of halogens is 3. The van der Waals surface area contributed by atoms with Gasteiger partial charge in [0.25, 0.3) is 5.91 Å². The molecule has 27 heavy (non-hydrogen) atoms. The molecule has 2 N–H and O–H groups in total. The second-order valence-electron chi connectivity index (χ2n) is 5.31. The largest absolute Gasteiger partial charge is 0.493 e. The number of anilines is 1. The molecule has 0 saturated carbocycles. The van der Waals surface area contributed by atoms with E-state index in [9.17, 15) is 18.4 Å².